The third-order valence-electron chi connectivity index (χ3n) is 4.72. The minimum atomic E-state index is -3.56. The van der Waals surface area contributed by atoms with E-state index in [1.807, 2.05) is 24.3 Å². The van der Waals surface area contributed by atoms with Crippen molar-refractivity contribution in [3.05, 3.63) is 71.1 Å². The molecule has 1 aliphatic rings. The van der Waals surface area contributed by atoms with E-state index in [4.69, 9.17) is 4.52 Å². The van der Waals surface area contributed by atoms with Crippen molar-refractivity contribution >= 4 is 9.84 Å². The highest BCUT2D eigenvalue weighted by Gasteiger charge is 2.33. The van der Waals surface area contributed by atoms with Crippen LogP contribution in [-0.4, -0.2) is 18.6 Å². The van der Waals surface area contributed by atoms with Crippen molar-refractivity contribution in [1.82, 2.24) is 10.1 Å². The van der Waals surface area contributed by atoms with Gasteiger partial charge in [0.05, 0.1) is 5.25 Å². The lowest BCUT2D eigenvalue weighted by atomic mass is 9.91. The van der Waals surface area contributed by atoms with Crippen LogP contribution in [0, 0.1) is 11.6 Å². The molecule has 1 unspecified atom stereocenters. The van der Waals surface area contributed by atoms with E-state index in [1.165, 1.54) is 6.07 Å². The van der Waals surface area contributed by atoms with Crippen molar-refractivity contribution < 1.29 is 21.7 Å². The smallest absolute Gasteiger partial charge is 0.242 e. The van der Waals surface area contributed by atoms with Gasteiger partial charge in [-0.05, 0) is 48.6 Å². The van der Waals surface area contributed by atoms with Crippen molar-refractivity contribution in [3.63, 3.8) is 0 Å². The zero-order chi connectivity index (χ0) is 19.0. The minimum absolute atomic E-state index is 0.0168. The lowest BCUT2D eigenvalue weighted by Gasteiger charge is -2.24. The van der Waals surface area contributed by atoms with Gasteiger partial charge in [-0.1, -0.05) is 29.4 Å². The van der Waals surface area contributed by atoms with E-state index in [0.29, 0.717) is 6.42 Å². The molecule has 140 valence electrons. The highest BCUT2D eigenvalue weighted by molar-refractivity contribution is 7.90. The highest BCUT2D eigenvalue weighted by Crippen LogP contribution is 2.37. The topological polar surface area (TPSA) is 73.1 Å². The van der Waals surface area contributed by atoms with Gasteiger partial charge in [-0.25, -0.2) is 17.2 Å². The molecule has 4 rings (SSSR count). The van der Waals surface area contributed by atoms with E-state index in [9.17, 15) is 17.2 Å². The molecule has 0 aliphatic heterocycles. The van der Waals surface area contributed by atoms with Crippen LogP contribution in [0.2, 0.25) is 0 Å². The van der Waals surface area contributed by atoms with Gasteiger partial charge in [0.1, 0.15) is 5.75 Å². The van der Waals surface area contributed by atoms with Gasteiger partial charge in [0, 0.05) is 5.56 Å². The quantitative estimate of drug-likeness (QED) is 0.673. The normalized spacial score (nSPS) is 16.9. The van der Waals surface area contributed by atoms with Gasteiger partial charge in [0.25, 0.3) is 0 Å². The first-order valence-corrected chi connectivity index (χ1v) is 10.2. The monoisotopic (exact) mass is 390 g/mol. The maximum Gasteiger partial charge on any atom is 0.242 e. The Hall–Kier alpha value is -2.61. The molecular weight excluding hydrogens is 374 g/mol. The Morgan fingerprint density at radius 3 is 2.74 bits per heavy atom. The molecule has 3 aromatic rings. The Labute approximate surface area is 155 Å². The molecule has 0 radical (unpaired) electrons. The fourth-order valence-corrected chi connectivity index (χ4v) is 5.23. The molecule has 1 aliphatic carbocycles. The van der Waals surface area contributed by atoms with E-state index in [-0.39, 0.29) is 17.3 Å². The zero-order valence-corrected chi connectivity index (χ0v) is 15.0. The van der Waals surface area contributed by atoms with Gasteiger partial charge in [0.2, 0.25) is 11.7 Å². The Morgan fingerprint density at radius 2 is 1.93 bits per heavy atom. The summed E-state index contributed by atoms with van der Waals surface area (Å²) in [5.41, 5.74) is 2.08. The molecule has 0 bridgehead atoms. The average molecular weight is 390 g/mol. The number of benzene rings is 2. The average Bonchev–Trinajstić information content (AvgIpc) is 3.11. The number of halogens is 2. The number of hydrogen-bond donors (Lipinski definition) is 0. The summed E-state index contributed by atoms with van der Waals surface area (Å²) < 4.78 is 57.3. The predicted molar refractivity (Wildman–Crippen MR) is 94.4 cm³/mol. The minimum Gasteiger partial charge on any atom is -0.338 e. The second-order valence-electron chi connectivity index (χ2n) is 6.53. The standard InChI is InChI=1S/C19H16F2N2O3S/c20-15-9-8-13(10-16(15)21)19-22-18(26-23-19)11-27(24,25)17-7-3-5-12-4-1-2-6-14(12)17/h1-2,4,6,8-10,17H,3,5,7,11H2. The summed E-state index contributed by atoms with van der Waals surface area (Å²) >= 11 is 0. The van der Waals surface area contributed by atoms with Gasteiger partial charge in [-0.2, -0.15) is 4.98 Å². The highest BCUT2D eigenvalue weighted by atomic mass is 32.2. The van der Waals surface area contributed by atoms with Crippen LogP contribution in [0.1, 0.15) is 35.1 Å². The Morgan fingerprint density at radius 1 is 1.11 bits per heavy atom. The van der Waals surface area contributed by atoms with Crippen LogP contribution in [0.5, 0.6) is 0 Å². The molecule has 1 heterocycles. The predicted octanol–water partition coefficient (Wildman–Crippen LogP) is 4.01. The van der Waals surface area contributed by atoms with E-state index < -0.39 is 32.5 Å². The van der Waals surface area contributed by atoms with Crippen LogP contribution in [0.4, 0.5) is 8.78 Å². The Balaban J connectivity index is 1.59. The van der Waals surface area contributed by atoms with Gasteiger partial charge in [-0.15, -0.1) is 0 Å². The summed E-state index contributed by atoms with van der Waals surface area (Å²) in [4.78, 5) is 4.04. The van der Waals surface area contributed by atoms with Crippen LogP contribution in [0.15, 0.2) is 47.0 Å². The van der Waals surface area contributed by atoms with E-state index in [0.717, 1.165) is 36.1 Å². The van der Waals surface area contributed by atoms with Crippen molar-refractivity contribution in [3.8, 4) is 11.4 Å². The van der Waals surface area contributed by atoms with Crippen molar-refractivity contribution in [2.24, 2.45) is 0 Å². The molecular formula is C19H16F2N2O3S. The van der Waals surface area contributed by atoms with Crippen LogP contribution >= 0.6 is 0 Å². The third-order valence-corrected chi connectivity index (χ3v) is 6.72. The van der Waals surface area contributed by atoms with Crippen molar-refractivity contribution in [2.75, 3.05) is 0 Å². The fraction of sp³-hybridized carbons (Fsp3) is 0.263. The molecule has 0 N–H and O–H groups in total. The number of sulfone groups is 1. The fourth-order valence-electron chi connectivity index (χ4n) is 3.42. The second kappa shape index (κ2) is 6.84. The zero-order valence-electron chi connectivity index (χ0n) is 14.2. The van der Waals surface area contributed by atoms with E-state index >= 15 is 0 Å². The van der Waals surface area contributed by atoms with Crippen molar-refractivity contribution in [2.45, 2.75) is 30.3 Å². The molecule has 1 aromatic heterocycles. The second-order valence-corrected chi connectivity index (χ2v) is 8.71. The lowest BCUT2D eigenvalue weighted by molar-refractivity contribution is 0.388. The summed E-state index contributed by atoms with van der Waals surface area (Å²) in [5.74, 6) is -2.48. The van der Waals surface area contributed by atoms with Crippen molar-refractivity contribution in [1.29, 1.82) is 0 Å². The van der Waals surface area contributed by atoms with E-state index in [2.05, 4.69) is 10.1 Å². The molecule has 0 fully saturated rings. The molecule has 0 spiro atoms. The summed E-state index contributed by atoms with van der Waals surface area (Å²) in [6, 6.07) is 10.7. The molecule has 0 amide bonds. The van der Waals surface area contributed by atoms with Crippen LogP contribution in [0.3, 0.4) is 0 Å². The molecule has 0 saturated heterocycles. The molecule has 5 nitrogen and oxygen atoms in total. The van der Waals surface area contributed by atoms with Gasteiger partial charge in [-0.3, -0.25) is 0 Å². The summed E-state index contributed by atoms with van der Waals surface area (Å²) in [6.45, 7) is 0. The SMILES string of the molecule is O=S(=O)(Cc1nc(-c2ccc(F)c(F)c2)no1)C1CCCc2ccccc21. The molecule has 1 atom stereocenters. The number of nitrogens with zero attached hydrogens (tertiary/aromatic N) is 2. The molecule has 8 heteroatoms. The molecule has 0 saturated carbocycles. The summed E-state index contributed by atoms with van der Waals surface area (Å²) in [7, 11) is -3.56. The maximum absolute atomic E-state index is 13.4. The maximum atomic E-state index is 13.4. The summed E-state index contributed by atoms with van der Waals surface area (Å²) in [6.07, 6.45) is 2.21. The first-order valence-electron chi connectivity index (χ1n) is 8.51. The van der Waals surface area contributed by atoms with Crippen LogP contribution in [-0.2, 0) is 22.0 Å². The number of aromatic nitrogens is 2. The van der Waals surface area contributed by atoms with Gasteiger partial charge in [0.15, 0.2) is 21.5 Å². The van der Waals surface area contributed by atoms with Crippen LogP contribution in [0.25, 0.3) is 11.4 Å². The number of fused-ring (bicyclic) bond motifs is 1. The third kappa shape index (κ3) is 3.49. The van der Waals surface area contributed by atoms with Gasteiger partial charge < -0.3 is 4.52 Å². The first-order chi connectivity index (χ1) is 12.9. The number of rotatable bonds is 4. The summed E-state index contributed by atoms with van der Waals surface area (Å²) in [5, 5.41) is 3.08. The van der Waals surface area contributed by atoms with Crippen LogP contribution < -0.4 is 0 Å². The molecule has 2 aromatic carbocycles. The molecule has 27 heavy (non-hydrogen) atoms. The van der Waals surface area contributed by atoms with Gasteiger partial charge >= 0.3 is 0 Å². The lowest BCUT2D eigenvalue weighted by Crippen LogP contribution is -2.20. The Kier molecular flexibility index (Phi) is 4.51. The van der Waals surface area contributed by atoms with E-state index in [1.54, 1.807) is 0 Å². The number of aryl methyl sites for hydroxylation is 1. The number of hydrogen-bond acceptors (Lipinski definition) is 5. The Bertz CT molecular complexity index is 1100. The first kappa shape index (κ1) is 17.8. The largest absolute Gasteiger partial charge is 0.338 e.